The van der Waals surface area contributed by atoms with E-state index in [-0.39, 0.29) is 24.4 Å². The highest BCUT2D eigenvalue weighted by molar-refractivity contribution is 6.00. The van der Waals surface area contributed by atoms with Crippen molar-refractivity contribution in [1.82, 2.24) is 14.8 Å². The normalized spacial score (nSPS) is 20.3. The van der Waals surface area contributed by atoms with Crippen molar-refractivity contribution >= 4 is 22.7 Å². The fourth-order valence-corrected chi connectivity index (χ4v) is 3.41. The average molecular weight is 338 g/mol. The number of aromatic nitrogens is 1. The van der Waals surface area contributed by atoms with Gasteiger partial charge in [-0.05, 0) is 51.5 Å². The van der Waals surface area contributed by atoms with Gasteiger partial charge in [0.2, 0.25) is 5.91 Å². The van der Waals surface area contributed by atoms with Gasteiger partial charge in [0.15, 0.2) is 0 Å². The second-order valence-electron chi connectivity index (χ2n) is 6.83. The number of nitriles is 1. The number of carbonyl (C=O) groups is 2. The van der Waals surface area contributed by atoms with E-state index in [0.29, 0.717) is 18.0 Å². The fraction of sp³-hybridized carbons (Fsp3) is 0.421. The van der Waals surface area contributed by atoms with Crippen LogP contribution in [0.25, 0.3) is 10.9 Å². The fourth-order valence-electron chi connectivity index (χ4n) is 3.41. The predicted molar refractivity (Wildman–Crippen MR) is 95.0 cm³/mol. The van der Waals surface area contributed by atoms with Gasteiger partial charge in [0.25, 0.3) is 5.91 Å². The number of nitrogens with one attached hydrogen (secondary N) is 1. The first-order valence-electron chi connectivity index (χ1n) is 8.51. The van der Waals surface area contributed by atoms with Crippen molar-refractivity contribution in [2.24, 2.45) is 0 Å². The van der Waals surface area contributed by atoms with E-state index in [0.717, 1.165) is 10.9 Å². The molecule has 6 nitrogen and oxygen atoms in total. The summed E-state index contributed by atoms with van der Waals surface area (Å²) < 4.78 is 2.15. The lowest BCUT2D eigenvalue weighted by Gasteiger charge is -2.17. The minimum absolute atomic E-state index is 0.0417. The lowest BCUT2D eigenvalue weighted by Crippen LogP contribution is -2.41. The van der Waals surface area contributed by atoms with Crippen molar-refractivity contribution in [1.29, 1.82) is 5.26 Å². The zero-order valence-corrected chi connectivity index (χ0v) is 14.7. The molecule has 3 rings (SSSR count). The number of nitrogens with zero attached hydrogens (tertiary/aromatic N) is 3. The first-order chi connectivity index (χ1) is 11.9. The largest absolute Gasteiger partial charge is 0.345 e. The Hall–Kier alpha value is -2.81. The van der Waals surface area contributed by atoms with Gasteiger partial charge in [-0.1, -0.05) is 0 Å². The standard InChI is InChI=1S/C19H22N4O2/c1-12(2)22-8-6-14-11-15(4-5-17(14)22)18(24)21-16-10-13(3)23(9-7-20)19(16)25/h4-6,8,11-13,16H,9-10H2,1-3H3,(H,21,24). The maximum Gasteiger partial charge on any atom is 0.251 e. The number of benzene rings is 1. The molecule has 0 saturated carbocycles. The van der Waals surface area contributed by atoms with Gasteiger partial charge >= 0.3 is 0 Å². The van der Waals surface area contributed by atoms with Crippen LogP contribution in [0.1, 0.15) is 43.6 Å². The second-order valence-corrected chi connectivity index (χ2v) is 6.83. The Morgan fingerprint density at radius 2 is 2.16 bits per heavy atom. The van der Waals surface area contributed by atoms with E-state index in [9.17, 15) is 9.59 Å². The van der Waals surface area contributed by atoms with Gasteiger partial charge in [-0.2, -0.15) is 5.26 Å². The number of carbonyl (C=O) groups excluding carboxylic acids is 2. The number of hydrogen-bond acceptors (Lipinski definition) is 3. The Morgan fingerprint density at radius 1 is 1.40 bits per heavy atom. The predicted octanol–water partition coefficient (Wildman–Crippen LogP) is 2.46. The van der Waals surface area contributed by atoms with Gasteiger partial charge in [-0.15, -0.1) is 0 Å². The summed E-state index contributed by atoms with van der Waals surface area (Å²) in [7, 11) is 0. The van der Waals surface area contributed by atoms with E-state index in [1.807, 2.05) is 37.4 Å². The van der Waals surface area contributed by atoms with Crippen LogP contribution in [0.3, 0.4) is 0 Å². The van der Waals surface area contributed by atoms with Gasteiger partial charge < -0.3 is 14.8 Å². The maximum absolute atomic E-state index is 12.5. The molecular formula is C19H22N4O2. The molecule has 2 amide bonds. The van der Waals surface area contributed by atoms with Crippen molar-refractivity contribution in [3.05, 3.63) is 36.0 Å². The molecule has 2 heterocycles. The van der Waals surface area contributed by atoms with Crippen molar-refractivity contribution < 1.29 is 9.59 Å². The molecule has 25 heavy (non-hydrogen) atoms. The molecule has 6 heteroatoms. The third-order valence-corrected chi connectivity index (χ3v) is 4.78. The van der Waals surface area contributed by atoms with E-state index in [1.54, 1.807) is 6.07 Å². The molecule has 1 fully saturated rings. The molecule has 1 aromatic heterocycles. The van der Waals surface area contributed by atoms with Crippen LogP contribution in [0.2, 0.25) is 0 Å². The molecule has 0 spiro atoms. The van der Waals surface area contributed by atoms with E-state index < -0.39 is 6.04 Å². The number of likely N-dealkylation sites (tertiary alicyclic amines) is 1. The third kappa shape index (κ3) is 3.10. The van der Waals surface area contributed by atoms with Crippen LogP contribution < -0.4 is 5.32 Å². The first kappa shape index (κ1) is 17.0. The van der Waals surface area contributed by atoms with Gasteiger partial charge in [-0.25, -0.2) is 0 Å². The van der Waals surface area contributed by atoms with Crippen LogP contribution in [0.4, 0.5) is 0 Å². The monoisotopic (exact) mass is 338 g/mol. The summed E-state index contributed by atoms with van der Waals surface area (Å²) in [6.45, 7) is 6.17. The number of rotatable bonds is 4. The Kier molecular flexibility index (Phi) is 4.49. The van der Waals surface area contributed by atoms with Gasteiger partial charge in [0, 0.05) is 34.7 Å². The lowest BCUT2D eigenvalue weighted by atomic mass is 10.1. The molecule has 1 aliphatic heterocycles. The van der Waals surface area contributed by atoms with Crippen LogP contribution >= 0.6 is 0 Å². The molecule has 0 radical (unpaired) electrons. The smallest absolute Gasteiger partial charge is 0.251 e. The number of amides is 2. The van der Waals surface area contributed by atoms with Crippen LogP contribution in [0, 0.1) is 11.3 Å². The van der Waals surface area contributed by atoms with E-state index >= 15 is 0 Å². The highest BCUT2D eigenvalue weighted by Crippen LogP contribution is 2.22. The van der Waals surface area contributed by atoms with Gasteiger partial charge in [0.1, 0.15) is 12.6 Å². The molecule has 130 valence electrons. The molecule has 2 atom stereocenters. The average Bonchev–Trinajstić information content (AvgIpc) is 3.11. The van der Waals surface area contributed by atoms with Crippen LogP contribution in [0.15, 0.2) is 30.5 Å². The zero-order valence-electron chi connectivity index (χ0n) is 14.7. The number of hydrogen-bond donors (Lipinski definition) is 1. The van der Waals surface area contributed by atoms with Crippen LogP contribution in [0.5, 0.6) is 0 Å². The summed E-state index contributed by atoms with van der Waals surface area (Å²) in [4.78, 5) is 26.4. The molecule has 1 aromatic carbocycles. The molecule has 2 unspecified atom stereocenters. The van der Waals surface area contributed by atoms with Gasteiger partial charge in [-0.3, -0.25) is 9.59 Å². The summed E-state index contributed by atoms with van der Waals surface area (Å²) in [6.07, 6.45) is 2.54. The van der Waals surface area contributed by atoms with Crippen molar-refractivity contribution in [3.8, 4) is 6.07 Å². The number of fused-ring (bicyclic) bond motifs is 1. The Balaban J connectivity index is 1.77. The third-order valence-electron chi connectivity index (χ3n) is 4.78. The SMILES string of the molecule is CC1CC(NC(=O)c2ccc3c(ccn3C(C)C)c2)C(=O)N1CC#N. The molecular weight excluding hydrogens is 316 g/mol. The van der Waals surface area contributed by atoms with Crippen LogP contribution in [-0.2, 0) is 4.79 Å². The molecule has 1 N–H and O–H groups in total. The Labute approximate surface area is 147 Å². The van der Waals surface area contributed by atoms with Crippen LogP contribution in [-0.4, -0.2) is 39.9 Å². The zero-order chi connectivity index (χ0) is 18.1. The minimum atomic E-state index is -0.563. The summed E-state index contributed by atoms with van der Waals surface area (Å²) >= 11 is 0. The van der Waals surface area contributed by atoms with Crippen molar-refractivity contribution in [3.63, 3.8) is 0 Å². The van der Waals surface area contributed by atoms with E-state index in [1.165, 1.54) is 4.90 Å². The van der Waals surface area contributed by atoms with Gasteiger partial charge in [0.05, 0.1) is 6.07 Å². The Morgan fingerprint density at radius 3 is 2.84 bits per heavy atom. The first-order valence-corrected chi connectivity index (χ1v) is 8.51. The summed E-state index contributed by atoms with van der Waals surface area (Å²) in [6, 6.07) is 9.30. The minimum Gasteiger partial charge on any atom is -0.345 e. The molecule has 2 aromatic rings. The Bertz CT molecular complexity index is 862. The second kappa shape index (κ2) is 6.60. The topological polar surface area (TPSA) is 78.1 Å². The quantitative estimate of drug-likeness (QED) is 0.870. The van der Waals surface area contributed by atoms with Crippen molar-refractivity contribution in [2.75, 3.05) is 6.54 Å². The molecule has 1 aliphatic rings. The highest BCUT2D eigenvalue weighted by atomic mass is 16.2. The lowest BCUT2D eigenvalue weighted by molar-refractivity contribution is -0.129. The molecule has 1 saturated heterocycles. The summed E-state index contributed by atoms with van der Waals surface area (Å²) in [5.74, 6) is -0.446. The van der Waals surface area contributed by atoms with Crippen molar-refractivity contribution in [2.45, 2.75) is 45.3 Å². The van der Waals surface area contributed by atoms with E-state index in [2.05, 4.69) is 23.7 Å². The maximum atomic E-state index is 12.5. The molecule has 0 bridgehead atoms. The summed E-state index contributed by atoms with van der Waals surface area (Å²) in [5.41, 5.74) is 1.62. The molecule has 0 aliphatic carbocycles. The summed E-state index contributed by atoms with van der Waals surface area (Å²) in [5, 5.41) is 12.6. The van der Waals surface area contributed by atoms with E-state index in [4.69, 9.17) is 5.26 Å². The highest BCUT2D eigenvalue weighted by Gasteiger charge is 2.37.